The Labute approximate surface area is 204 Å². The molecule has 8 nitrogen and oxygen atoms in total. The number of ether oxygens (including phenoxy) is 1. The van der Waals surface area contributed by atoms with Crippen LogP contribution < -0.4 is 10.1 Å². The van der Waals surface area contributed by atoms with Crippen LogP contribution in [0.15, 0.2) is 29.2 Å². The molecule has 190 valence electrons. The van der Waals surface area contributed by atoms with Crippen molar-refractivity contribution in [2.45, 2.75) is 69.9 Å². The molecule has 1 heterocycles. The molecule has 0 radical (unpaired) electrons. The number of aliphatic hydroxyl groups is 1. The second kappa shape index (κ2) is 11.6. The summed E-state index contributed by atoms with van der Waals surface area (Å²) in [5.74, 6) is 0.0916. The Morgan fingerprint density at radius 1 is 1.35 bits per heavy atom. The van der Waals surface area contributed by atoms with E-state index in [9.17, 15) is 18.3 Å². The van der Waals surface area contributed by atoms with Gasteiger partial charge in [-0.1, -0.05) is 26.0 Å². The lowest BCUT2D eigenvalue weighted by atomic mass is 9.93. The van der Waals surface area contributed by atoms with Crippen LogP contribution in [-0.4, -0.2) is 74.2 Å². The predicted octanol–water partition coefficient (Wildman–Crippen LogP) is 3.46. The maximum Gasteiger partial charge on any atom is 0.317 e. The normalized spacial score (nSPS) is 23.5. The van der Waals surface area contributed by atoms with Crippen LogP contribution in [0.3, 0.4) is 0 Å². The van der Waals surface area contributed by atoms with E-state index in [1.54, 1.807) is 24.9 Å². The third kappa shape index (κ3) is 5.93. The number of aliphatic hydroxyl groups excluding tert-OH is 1. The highest BCUT2D eigenvalue weighted by atomic mass is 32.2. The predicted molar refractivity (Wildman–Crippen MR) is 133 cm³/mol. The van der Waals surface area contributed by atoms with E-state index in [1.807, 2.05) is 26.0 Å². The van der Waals surface area contributed by atoms with E-state index in [0.29, 0.717) is 18.8 Å². The largest absolute Gasteiger partial charge is 0.487 e. The first kappa shape index (κ1) is 26.5. The van der Waals surface area contributed by atoms with Crippen molar-refractivity contribution < 1.29 is 23.1 Å². The SMILES string of the molecule is CCCNC(=O)N(C)C[C@@H]1Oc2cc(C3=CCCCC3)ccc2S(=O)(=O)N([C@@H](C)CO)C[C@H]1C. The van der Waals surface area contributed by atoms with Crippen LogP contribution in [0.1, 0.15) is 58.4 Å². The van der Waals surface area contributed by atoms with E-state index in [2.05, 4.69) is 11.4 Å². The second-order valence-electron chi connectivity index (χ2n) is 9.49. The number of urea groups is 1. The fourth-order valence-electron chi connectivity index (χ4n) is 4.46. The first-order chi connectivity index (χ1) is 16.2. The molecule has 34 heavy (non-hydrogen) atoms. The molecule has 0 unspecified atom stereocenters. The number of carbonyl (C=O) groups is 1. The van der Waals surface area contributed by atoms with Crippen molar-refractivity contribution in [2.75, 3.05) is 33.3 Å². The summed E-state index contributed by atoms with van der Waals surface area (Å²) in [5.41, 5.74) is 2.18. The minimum atomic E-state index is -3.88. The molecule has 3 rings (SSSR count). The first-order valence-electron chi connectivity index (χ1n) is 12.3. The molecule has 0 aromatic heterocycles. The standard InChI is InChI=1S/C25H39N3O5S/c1-5-13-26-25(30)27(4)16-23-18(2)15-28(19(3)17-29)34(31,32)24-12-11-21(14-22(24)33-23)20-9-7-6-8-10-20/h9,11-12,14,18-19,23,29H,5-8,10,13,15-17H2,1-4H3,(H,26,30)/t18-,19+,23+/m1/s1. The van der Waals surface area contributed by atoms with E-state index in [1.165, 1.54) is 16.3 Å². The van der Waals surface area contributed by atoms with Gasteiger partial charge in [-0.3, -0.25) is 0 Å². The number of nitrogens with zero attached hydrogens (tertiary/aromatic N) is 2. The molecule has 0 spiro atoms. The van der Waals surface area contributed by atoms with Crippen LogP contribution in [0.25, 0.3) is 5.57 Å². The number of likely N-dealkylation sites (N-methyl/N-ethyl adjacent to an activating group) is 1. The number of carbonyl (C=O) groups excluding carboxylic acids is 1. The van der Waals surface area contributed by atoms with Crippen molar-refractivity contribution in [1.82, 2.24) is 14.5 Å². The summed E-state index contributed by atoms with van der Waals surface area (Å²) in [7, 11) is -2.16. The highest BCUT2D eigenvalue weighted by molar-refractivity contribution is 7.89. The summed E-state index contributed by atoms with van der Waals surface area (Å²) in [5, 5.41) is 12.7. The van der Waals surface area contributed by atoms with Crippen molar-refractivity contribution in [2.24, 2.45) is 5.92 Å². The first-order valence-corrected chi connectivity index (χ1v) is 13.7. The van der Waals surface area contributed by atoms with E-state index >= 15 is 0 Å². The summed E-state index contributed by atoms with van der Waals surface area (Å²) < 4.78 is 35.0. The van der Waals surface area contributed by atoms with Crippen molar-refractivity contribution >= 4 is 21.6 Å². The monoisotopic (exact) mass is 493 g/mol. The Hall–Kier alpha value is -2.10. The third-order valence-corrected chi connectivity index (χ3v) is 8.68. The van der Waals surface area contributed by atoms with Crippen LogP contribution in [0.2, 0.25) is 0 Å². The molecule has 1 aromatic rings. The van der Waals surface area contributed by atoms with Crippen LogP contribution >= 0.6 is 0 Å². The van der Waals surface area contributed by atoms with Gasteiger partial charge in [-0.25, -0.2) is 13.2 Å². The van der Waals surface area contributed by atoms with E-state index in [-0.39, 0.29) is 30.0 Å². The molecule has 0 saturated heterocycles. The number of hydrogen-bond acceptors (Lipinski definition) is 5. The Morgan fingerprint density at radius 2 is 2.12 bits per heavy atom. The van der Waals surface area contributed by atoms with E-state index in [4.69, 9.17) is 4.74 Å². The highest BCUT2D eigenvalue weighted by Gasteiger charge is 2.38. The smallest absolute Gasteiger partial charge is 0.317 e. The summed E-state index contributed by atoms with van der Waals surface area (Å²) in [4.78, 5) is 14.2. The number of hydrogen-bond donors (Lipinski definition) is 2. The average Bonchev–Trinajstić information content (AvgIpc) is 2.84. The molecule has 0 bridgehead atoms. The fourth-order valence-corrected chi connectivity index (χ4v) is 6.29. The van der Waals surface area contributed by atoms with E-state index in [0.717, 1.165) is 31.2 Å². The molecule has 2 N–H and O–H groups in total. The van der Waals surface area contributed by atoms with Crippen LogP contribution in [0.5, 0.6) is 5.75 Å². The van der Waals surface area contributed by atoms with Crippen molar-refractivity contribution in [1.29, 1.82) is 0 Å². The Bertz CT molecular complexity index is 994. The molecule has 1 aliphatic heterocycles. The number of sulfonamides is 1. The molecule has 3 atom stereocenters. The molecular formula is C25H39N3O5S. The fraction of sp³-hybridized carbons (Fsp3) is 0.640. The van der Waals surface area contributed by atoms with Crippen LogP contribution in [0, 0.1) is 5.92 Å². The van der Waals surface area contributed by atoms with Gasteiger partial charge in [0.05, 0.1) is 13.2 Å². The number of nitrogens with one attached hydrogen (secondary N) is 1. The van der Waals surface area contributed by atoms with Gasteiger partial charge in [-0.15, -0.1) is 0 Å². The molecule has 1 aliphatic carbocycles. The van der Waals surface area contributed by atoms with Crippen LogP contribution in [-0.2, 0) is 10.0 Å². The lowest BCUT2D eigenvalue weighted by Gasteiger charge is -2.37. The van der Waals surface area contributed by atoms with Crippen LogP contribution in [0.4, 0.5) is 4.79 Å². The van der Waals surface area contributed by atoms with Gasteiger partial charge in [-0.05, 0) is 62.3 Å². The Balaban J connectivity index is 2.01. The topological polar surface area (TPSA) is 99.2 Å². The molecule has 2 amide bonds. The molecule has 1 aromatic carbocycles. The quantitative estimate of drug-likeness (QED) is 0.606. The zero-order valence-corrected chi connectivity index (χ0v) is 21.6. The molecule has 2 aliphatic rings. The molecule has 0 saturated carbocycles. The van der Waals surface area contributed by atoms with Gasteiger partial charge in [0.1, 0.15) is 16.7 Å². The number of benzene rings is 1. The molecule has 9 heteroatoms. The van der Waals surface area contributed by atoms with Crippen molar-refractivity contribution in [3.05, 3.63) is 29.8 Å². The summed E-state index contributed by atoms with van der Waals surface area (Å²) >= 11 is 0. The maximum absolute atomic E-state index is 13.6. The van der Waals surface area contributed by atoms with E-state index < -0.39 is 22.2 Å². The van der Waals surface area contributed by atoms with Gasteiger partial charge in [0.15, 0.2) is 0 Å². The summed E-state index contributed by atoms with van der Waals surface area (Å²) in [6.07, 6.45) is 6.89. The van der Waals surface area contributed by atoms with Gasteiger partial charge in [0, 0.05) is 32.1 Å². The second-order valence-corrected chi connectivity index (χ2v) is 11.3. The van der Waals surface area contributed by atoms with Gasteiger partial charge < -0.3 is 20.1 Å². The third-order valence-electron chi connectivity index (χ3n) is 6.66. The maximum atomic E-state index is 13.6. The highest BCUT2D eigenvalue weighted by Crippen LogP contribution is 2.37. The van der Waals surface area contributed by atoms with Gasteiger partial charge in [0.2, 0.25) is 10.0 Å². The molecular weight excluding hydrogens is 454 g/mol. The van der Waals surface area contributed by atoms with Crippen molar-refractivity contribution in [3.63, 3.8) is 0 Å². The zero-order chi connectivity index (χ0) is 24.9. The minimum absolute atomic E-state index is 0.1000. The van der Waals surface area contributed by atoms with Gasteiger partial charge in [-0.2, -0.15) is 4.31 Å². The van der Waals surface area contributed by atoms with Gasteiger partial charge in [0.25, 0.3) is 0 Å². The zero-order valence-electron chi connectivity index (χ0n) is 20.8. The summed E-state index contributed by atoms with van der Waals surface area (Å²) in [6.45, 7) is 6.42. The van der Waals surface area contributed by atoms with Crippen molar-refractivity contribution in [3.8, 4) is 5.75 Å². The van der Waals surface area contributed by atoms with Gasteiger partial charge >= 0.3 is 6.03 Å². The molecule has 0 fully saturated rings. The number of rotatable bonds is 7. The minimum Gasteiger partial charge on any atom is -0.487 e. The lowest BCUT2D eigenvalue weighted by molar-refractivity contribution is 0.0812. The number of fused-ring (bicyclic) bond motifs is 1. The Morgan fingerprint density at radius 3 is 2.76 bits per heavy atom. The Kier molecular flexibility index (Phi) is 9.01. The lowest BCUT2D eigenvalue weighted by Crippen LogP contribution is -2.51. The summed E-state index contributed by atoms with van der Waals surface area (Å²) in [6, 6.07) is 4.54. The number of amides is 2. The number of allylic oxidation sites excluding steroid dienone is 2. The average molecular weight is 494 g/mol.